The van der Waals surface area contributed by atoms with Gasteiger partial charge in [-0.2, -0.15) is 0 Å². The molecule has 0 unspecified atom stereocenters. The fourth-order valence-corrected chi connectivity index (χ4v) is 1.90. The van der Waals surface area contributed by atoms with Crippen LogP contribution in [0, 0.1) is 12.7 Å². The predicted octanol–water partition coefficient (Wildman–Crippen LogP) is 2.76. The second kappa shape index (κ2) is 5.14. The average molecular weight is 245 g/mol. The van der Waals surface area contributed by atoms with Gasteiger partial charge < -0.3 is 10.6 Å². The molecular weight excluding hydrogens is 229 g/mol. The van der Waals surface area contributed by atoms with Crippen LogP contribution in [0.25, 0.3) is 0 Å². The van der Waals surface area contributed by atoms with Gasteiger partial charge in [0.05, 0.1) is 0 Å². The summed E-state index contributed by atoms with van der Waals surface area (Å²) in [7, 11) is 1.87. The largest absolute Gasteiger partial charge is 0.329 e. The highest BCUT2D eigenvalue weighted by Gasteiger charge is 2.09. The van der Waals surface area contributed by atoms with Gasteiger partial charge in [0.2, 0.25) is 0 Å². The summed E-state index contributed by atoms with van der Waals surface area (Å²) in [6.45, 7) is 2.44. The smallest absolute Gasteiger partial charge is 0.135 e. The van der Waals surface area contributed by atoms with Crippen molar-refractivity contribution in [3.63, 3.8) is 0 Å². The maximum atomic E-state index is 13.2. The summed E-state index contributed by atoms with van der Waals surface area (Å²) >= 11 is 0. The average Bonchev–Trinajstić information content (AvgIpc) is 2.37. The van der Waals surface area contributed by atoms with E-state index in [1.165, 1.54) is 12.1 Å². The minimum Gasteiger partial charge on any atom is -0.329 e. The number of rotatable bonds is 3. The van der Waals surface area contributed by atoms with Crippen molar-refractivity contribution in [3.8, 4) is 0 Å². The molecular formula is C14H16FN3. The van der Waals surface area contributed by atoms with Gasteiger partial charge in [-0.15, -0.1) is 0 Å². The van der Waals surface area contributed by atoms with Crippen LogP contribution in [0.1, 0.15) is 11.1 Å². The number of nitrogens with zero attached hydrogens (tertiary/aromatic N) is 2. The van der Waals surface area contributed by atoms with Gasteiger partial charge in [-0.25, -0.2) is 9.37 Å². The molecule has 0 aliphatic rings. The maximum Gasteiger partial charge on any atom is 0.135 e. The first kappa shape index (κ1) is 12.5. The van der Waals surface area contributed by atoms with Gasteiger partial charge >= 0.3 is 0 Å². The number of hydrogen-bond donors (Lipinski definition) is 1. The second-order valence-electron chi connectivity index (χ2n) is 4.23. The number of halogens is 1. The first-order valence-electron chi connectivity index (χ1n) is 5.76. The van der Waals surface area contributed by atoms with Crippen LogP contribution >= 0.6 is 0 Å². The number of nitrogens with two attached hydrogens (primary N) is 1. The maximum absolute atomic E-state index is 13.2. The normalized spacial score (nSPS) is 10.4. The zero-order valence-corrected chi connectivity index (χ0v) is 10.5. The number of aromatic nitrogens is 1. The van der Waals surface area contributed by atoms with E-state index in [0.717, 1.165) is 22.6 Å². The summed E-state index contributed by atoms with van der Waals surface area (Å²) in [5.41, 5.74) is 8.35. The summed E-state index contributed by atoms with van der Waals surface area (Å²) in [4.78, 5) is 6.24. The molecule has 0 bridgehead atoms. The van der Waals surface area contributed by atoms with Gasteiger partial charge in [-0.1, -0.05) is 6.07 Å². The summed E-state index contributed by atoms with van der Waals surface area (Å²) in [6.07, 6.45) is 1.75. The third kappa shape index (κ3) is 2.49. The van der Waals surface area contributed by atoms with E-state index in [-0.39, 0.29) is 5.82 Å². The molecule has 1 heterocycles. The third-order valence-electron chi connectivity index (χ3n) is 2.86. The van der Waals surface area contributed by atoms with Crippen LogP contribution in [0.2, 0.25) is 0 Å². The fourth-order valence-electron chi connectivity index (χ4n) is 1.90. The Kier molecular flexibility index (Phi) is 3.58. The first-order valence-corrected chi connectivity index (χ1v) is 5.76. The zero-order valence-electron chi connectivity index (χ0n) is 10.5. The van der Waals surface area contributed by atoms with E-state index < -0.39 is 0 Å². The van der Waals surface area contributed by atoms with Crippen LogP contribution in [0.4, 0.5) is 15.9 Å². The zero-order chi connectivity index (χ0) is 13.1. The molecule has 0 aliphatic carbocycles. The second-order valence-corrected chi connectivity index (χ2v) is 4.23. The highest BCUT2D eigenvalue weighted by molar-refractivity contribution is 5.62. The van der Waals surface area contributed by atoms with Crippen LogP contribution in [-0.2, 0) is 6.54 Å². The van der Waals surface area contributed by atoms with Gasteiger partial charge in [-0.3, -0.25) is 0 Å². The Bertz CT molecular complexity index is 554. The van der Waals surface area contributed by atoms with E-state index in [4.69, 9.17) is 5.73 Å². The summed E-state index contributed by atoms with van der Waals surface area (Å²) < 4.78 is 13.2. The van der Waals surface area contributed by atoms with Crippen molar-refractivity contribution in [3.05, 3.63) is 53.5 Å². The molecule has 94 valence electrons. The molecule has 0 saturated carbocycles. The highest BCUT2D eigenvalue weighted by atomic mass is 19.1. The van der Waals surface area contributed by atoms with Gasteiger partial charge in [-0.05, 0) is 42.3 Å². The number of benzene rings is 1. The SMILES string of the molecule is Cc1cc(CN)cnc1N(C)c1cccc(F)c1. The molecule has 18 heavy (non-hydrogen) atoms. The van der Waals surface area contributed by atoms with E-state index in [1.807, 2.05) is 31.0 Å². The van der Waals surface area contributed by atoms with E-state index >= 15 is 0 Å². The third-order valence-corrected chi connectivity index (χ3v) is 2.86. The van der Waals surface area contributed by atoms with Crippen molar-refractivity contribution < 1.29 is 4.39 Å². The number of anilines is 2. The lowest BCUT2D eigenvalue weighted by atomic mass is 10.2. The van der Waals surface area contributed by atoms with Crippen molar-refractivity contribution in [1.29, 1.82) is 0 Å². The van der Waals surface area contributed by atoms with Crippen LogP contribution in [0.3, 0.4) is 0 Å². The molecule has 0 spiro atoms. The van der Waals surface area contributed by atoms with Crippen LogP contribution < -0.4 is 10.6 Å². The Labute approximate surface area is 106 Å². The number of pyridine rings is 1. The van der Waals surface area contributed by atoms with Crippen molar-refractivity contribution in [2.45, 2.75) is 13.5 Å². The monoisotopic (exact) mass is 245 g/mol. The minimum atomic E-state index is -0.254. The molecule has 1 aromatic heterocycles. The Balaban J connectivity index is 2.37. The first-order chi connectivity index (χ1) is 8.61. The predicted molar refractivity (Wildman–Crippen MR) is 71.3 cm³/mol. The highest BCUT2D eigenvalue weighted by Crippen LogP contribution is 2.25. The Hall–Kier alpha value is -1.94. The molecule has 0 saturated heterocycles. The van der Waals surface area contributed by atoms with E-state index in [9.17, 15) is 4.39 Å². The van der Waals surface area contributed by atoms with Crippen molar-refractivity contribution in [2.75, 3.05) is 11.9 Å². The molecule has 2 N–H and O–H groups in total. The topological polar surface area (TPSA) is 42.1 Å². The molecule has 0 fully saturated rings. The molecule has 0 radical (unpaired) electrons. The number of aryl methyl sites for hydroxylation is 1. The molecule has 1 aromatic carbocycles. The molecule has 0 atom stereocenters. The Morgan fingerprint density at radius 2 is 2.11 bits per heavy atom. The lowest BCUT2D eigenvalue weighted by Gasteiger charge is -2.20. The van der Waals surface area contributed by atoms with E-state index in [2.05, 4.69) is 4.98 Å². The lowest BCUT2D eigenvalue weighted by Crippen LogP contribution is -2.13. The standard InChI is InChI=1S/C14H16FN3/c1-10-6-11(8-16)9-17-14(10)18(2)13-5-3-4-12(15)7-13/h3-7,9H,8,16H2,1-2H3. The Morgan fingerprint density at radius 1 is 1.33 bits per heavy atom. The lowest BCUT2D eigenvalue weighted by molar-refractivity contribution is 0.628. The van der Waals surface area contributed by atoms with E-state index in [1.54, 1.807) is 12.3 Å². The fraction of sp³-hybridized carbons (Fsp3) is 0.214. The van der Waals surface area contributed by atoms with Crippen LogP contribution in [-0.4, -0.2) is 12.0 Å². The van der Waals surface area contributed by atoms with Gasteiger partial charge in [0.1, 0.15) is 11.6 Å². The summed E-state index contributed by atoms with van der Waals surface area (Å²) in [6, 6.07) is 8.44. The van der Waals surface area contributed by atoms with Gasteiger partial charge in [0.15, 0.2) is 0 Å². The Morgan fingerprint density at radius 3 is 2.72 bits per heavy atom. The summed E-state index contributed by atoms with van der Waals surface area (Å²) in [5, 5.41) is 0. The number of hydrogen-bond acceptors (Lipinski definition) is 3. The van der Waals surface area contributed by atoms with Gasteiger partial charge in [0, 0.05) is 25.5 Å². The molecule has 0 aliphatic heterocycles. The van der Waals surface area contributed by atoms with E-state index in [0.29, 0.717) is 6.54 Å². The van der Waals surface area contributed by atoms with Crippen molar-refractivity contribution in [2.24, 2.45) is 5.73 Å². The molecule has 2 aromatic rings. The van der Waals surface area contributed by atoms with Crippen molar-refractivity contribution in [1.82, 2.24) is 4.98 Å². The van der Waals surface area contributed by atoms with Crippen LogP contribution in [0.5, 0.6) is 0 Å². The molecule has 3 nitrogen and oxygen atoms in total. The van der Waals surface area contributed by atoms with Crippen LogP contribution in [0.15, 0.2) is 36.5 Å². The summed E-state index contributed by atoms with van der Waals surface area (Å²) in [5.74, 6) is 0.549. The van der Waals surface area contributed by atoms with Crippen molar-refractivity contribution >= 4 is 11.5 Å². The quantitative estimate of drug-likeness (QED) is 0.904. The molecule has 2 rings (SSSR count). The van der Waals surface area contributed by atoms with Gasteiger partial charge in [0.25, 0.3) is 0 Å². The molecule has 0 amide bonds. The minimum absolute atomic E-state index is 0.254. The molecule has 4 heteroatoms.